The molecule has 1 spiro atoms. The second-order valence-electron chi connectivity index (χ2n) is 10.5. The molecule has 3 aliphatic rings. The highest BCUT2D eigenvalue weighted by Crippen LogP contribution is 2.40. The Morgan fingerprint density at radius 3 is 2.57 bits per heavy atom. The lowest BCUT2D eigenvalue weighted by Crippen LogP contribution is -2.54. The Bertz CT molecular complexity index is 1510. The Labute approximate surface area is 205 Å². The molecule has 6 heteroatoms. The molecule has 35 heavy (non-hydrogen) atoms. The normalized spacial score (nSPS) is 17.3. The van der Waals surface area contributed by atoms with Crippen LogP contribution in [0.15, 0.2) is 54.7 Å². The lowest BCUT2D eigenvalue weighted by Gasteiger charge is -2.39. The third-order valence-electron chi connectivity index (χ3n) is 8.27. The van der Waals surface area contributed by atoms with E-state index in [1.54, 1.807) is 0 Å². The average Bonchev–Trinajstić information content (AvgIpc) is 3.54. The number of nitriles is 1. The van der Waals surface area contributed by atoms with Crippen LogP contribution in [0.5, 0.6) is 0 Å². The lowest BCUT2D eigenvalue weighted by molar-refractivity contribution is 0.200. The molecule has 2 aromatic carbocycles. The standard InChI is InChI=1S/C29H28N6/c1-19-20(2)35-26-8-7-25(33-10-9-29(18-33)16-31-17-29)11-24(26)15-34-14-23(12-27(34)28(35)32-19)22-5-3-21(13-30)4-6-22/h3-8,11-12,14,31H,9-10,15-18H2,1-2H3. The average molecular weight is 461 g/mol. The summed E-state index contributed by atoms with van der Waals surface area (Å²) in [5, 5.41) is 12.6. The van der Waals surface area contributed by atoms with Gasteiger partial charge in [0.05, 0.1) is 28.7 Å². The van der Waals surface area contributed by atoms with Crippen molar-refractivity contribution in [3.8, 4) is 34.4 Å². The zero-order chi connectivity index (χ0) is 23.7. The lowest BCUT2D eigenvalue weighted by atomic mass is 9.81. The van der Waals surface area contributed by atoms with Crippen LogP contribution in [-0.4, -0.2) is 40.3 Å². The molecule has 4 aromatic rings. The number of hydrogen-bond donors (Lipinski definition) is 1. The van der Waals surface area contributed by atoms with Crippen molar-refractivity contribution in [2.75, 3.05) is 31.1 Å². The summed E-state index contributed by atoms with van der Waals surface area (Å²) in [6.07, 6.45) is 3.50. The minimum atomic E-state index is 0.474. The van der Waals surface area contributed by atoms with Gasteiger partial charge in [0.15, 0.2) is 5.82 Å². The summed E-state index contributed by atoms with van der Waals surface area (Å²) >= 11 is 0. The van der Waals surface area contributed by atoms with Gasteiger partial charge in [-0.1, -0.05) is 12.1 Å². The van der Waals surface area contributed by atoms with Crippen LogP contribution in [0.3, 0.4) is 0 Å². The molecule has 5 heterocycles. The van der Waals surface area contributed by atoms with Crippen molar-refractivity contribution in [3.05, 3.63) is 77.2 Å². The van der Waals surface area contributed by atoms with Crippen molar-refractivity contribution in [1.29, 1.82) is 5.26 Å². The highest BCUT2D eigenvalue weighted by molar-refractivity contribution is 5.73. The van der Waals surface area contributed by atoms with E-state index in [2.05, 4.69) is 69.7 Å². The van der Waals surface area contributed by atoms with Crippen molar-refractivity contribution in [2.45, 2.75) is 26.8 Å². The van der Waals surface area contributed by atoms with E-state index in [4.69, 9.17) is 10.2 Å². The SMILES string of the molecule is Cc1nc2n(c1C)-c1ccc(N3CCC4(CNC4)C3)cc1Cn1cc(-c3ccc(C#N)cc3)cc1-2. The zero-order valence-corrected chi connectivity index (χ0v) is 20.2. The molecule has 2 saturated heterocycles. The second kappa shape index (κ2) is 7.34. The van der Waals surface area contributed by atoms with Gasteiger partial charge in [-0.05, 0) is 67.8 Å². The predicted octanol–water partition coefficient (Wildman–Crippen LogP) is 4.66. The van der Waals surface area contributed by atoms with E-state index in [-0.39, 0.29) is 0 Å². The van der Waals surface area contributed by atoms with Crippen molar-refractivity contribution in [1.82, 2.24) is 19.4 Å². The van der Waals surface area contributed by atoms with Crippen LogP contribution in [0.1, 0.15) is 28.9 Å². The summed E-state index contributed by atoms with van der Waals surface area (Å²) in [6.45, 7) is 9.63. The van der Waals surface area contributed by atoms with E-state index in [0.29, 0.717) is 11.0 Å². The Hall–Kier alpha value is -3.82. The van der Waals surface area contributed by atoms with Crippen molar-refractivity contribution in [2.24, 2.45) is 5.41 Å². The molecule has 0 aliphatic carbocycles. The summed E-state index contributed by atoms with van der Waals surface area (Å²) in [7, 11) is 0. The number of anilines is 1. The first-order valence-electron chi connectivity index (χ1n) is 12.4. The molecule has 0 atom stereocenters. The van der Waals surface area contributed by atoms with E-state index >= 15 is 0 Å². The first-order valence-corrected chi connectivity index (χ1v) is 12.4. The molecule has 2 fully saturated rings. The van der Waals surface area contributed by atoms with Gasteiger partial charge in [-0.3, -0.25) is 4.57 Å². The number of aryl methyl sites for hydroxylation is 1. The molecular weight excluding hydrogens is 432 g/mol. The minimum Gasteiger partial charge on any atom is -0.371 e. The summed E-state index contributed by atoms with van der Waals surface area (Å²) in [6, 6.07) is 19.3. The van der Waals surface area contributed by atoms with Gasteiger partial charge in [0.2, 0.25) is 0 Å². The third kappa shape index (κ3) is 3.08. The number of fused-ring (bicyclic) bond motifs is 5. The molecule has 1 N–H and O–H groups in total. The number of aromatic nitrogens is 3. The van der Waals surface area contributed by atoms with Gasteiger partial charge in [-0.25, -0.2) is 4.98 Å². The van der Waals surface area contributed by atoms with Crippen LogP contribution in [0.4, 0.5) is 5.69 Å². The van der Waals surface area contributed by atoms with Crippen molar-refractivity contribution in [3.63, 3.8) is 0 Å². The van der Waals surface area contributed by atoms with Gasteiger partial charge in [0.25, 0.3) is 0 Å². The van der Waals surface area contributed by atoms with Gasteiger partial charge in [-0.15, -0.1) is 0 Å². The predicted molar refractivity (Wildman–Crippen MR) is 138 cm³/mol. The smallest absolute Gasteiger partial charge is 0.161 e. The highest BCUT2D eigenvalue weighted by atomic mass is 15.2. The molecule has 0 saturated carbocycles. The minimum absolute atomic E-state index is 0.474. The number of rotatable bonds is 2. The van der Waals surface area contributed by atoms with E-state index in [0.717, 1.165) is 61.1 Å². The number of hydrogen-bond acceptors (Lipinski definition) is 4. The fourth-order valence-corrected chi connectivity index (χ4v) is 6.02. The van der Waals surface area contributed by atoms with Gasteiger partial charge in [0, 0.05) is 61.3 Å². The van der Waals surface area contributed by atoms with E-state index in [1.807, 2.05) is 24.3 Å². The van der Waals surface area contributed by atoms with Crippen molar-refractivity contribution < 1.29 is 0 Å². The molecule has 3 aliphatic heterocycles. The van der Waals surface area contributed by atoms with Crippen LogP contribution >= 0.6 is 0 Å². The van der Waals surface area contributed by atoms with Gasteiger partial charge in [-0.2, -0.15) is 5.26 Å². The first kappa shape index (κ1) is 20.5. The van der Waals surface area contributed by atoms with E-state index < -0.39 is 0 Å². The summed E-state index contributed by atoms with van der Waals surface area (Å²) in [5.41, 5.74) is 10.6. The Morgan fingerprint density at radius 1 is 1.03 bits per heavy atom. The molecule has 174 valence electrons. The number of imidazole rings is 1. The second-order valence-corrected chi connectivity index (χ2v) is 10.5. The highest BCUT2D eigenvalue weighted by Gasteiger charge is 2.43. The van der Waals surface area contributed by atoms with Crippen LogP contribution in [0.25, 0.3) is 28.3 Å². The summed E-state index contributed by atoms with van der Waals surface area (Å²) in [4.78, 5) is 7.57. The van der Waals surface area contributed by atoms with Crippen LogP contribution in [0, 0.1) is 30.6 Å². The fraction of sp³-hybridized carbons (Fsp3) is 0.310. The van der Waals surface area contributed by atoms with E-state index in [9.17, 15) is 0 Å². The topological polar surface area (TPSA) is 61.8 Å². The summed E-state index contributed by atoms with van der Waals surface area (Å²) < 4.78 is 4.67. The maximum absolute atomic E-state index is 9.17. The molecular formula is C29H28N6. The number of nitrogens with one attached hydrogen (secondary N) is 1. The summed E-state index contributed by atoms with van der Waals surface area (Å²) in [5.74, 6) is 0.993. The Morgan fingerprint density at radius 2 is 1.86 bits per heavy atom. The van der Waals surface area contributed by atoms with Crippen LogP contribution < -0.4 is 10.2 Å². The Balaban J connectivity index is 1.33. The third-order valence-corrected chi connectivity index (χ3v) is 8.27. The molecule has 0 amide bonds. The van der Waals surface area contributed by atoms with Crippen LogP contribution in [0.2, 0.25) is 0 Å². The molecule has 2 aromatic heterocycles. The molecule has 7 rings (SSSR count). The quantitative estimate of drug-likeness (QED) is 0.416. The largest absolute Gasteiger partial charge is 0.371 e. The monoisotopic (exact) mass is 460 g/mol. The first-order chi connectivity index (χ1) is 17.0. The molecule has 0 bridgehead atoms. The Kier molecular flexibility index (Phi) is 4.31. The van der Waals surface area contributed by atoms with Gasteiger partial charge >= 0.3 is 0 Å². The van der Waals surface area contributed by atoms with Crippen molar-refractivity contribution >= 4 is 5.69 Å². The van der Waals surface area contributed by atoms with Crippen LogP contribution in [-0.2, 0) is 6.54 Å². The maximum atomic E-state index is 9.17. The fourth-order valence-electron chi connectivity index (χ4n) is 6.02. The van der Waals surface area contributed by atoms with E-state index in [1.165, 1.54) is 29.1 Å². The molecule has 6 nitrogen and oxygen atoms in total. The number of nitrogens with zero attached hydrogens (tertiary/aromatic N) is 5. The van der Waals surface area contributed by atoms with Gasteiger partial charge in [0.1, 0.15) is 0 Å². The zero-order valence-electron chi connectivity index (χ0n) is 20.2. The maximum Gasteiger partial charge on any atom is 0.161 e. The molecule has 0 radical (unpaired) electrons. The van der Waals surface area contributed by atoms with Gasteiger partial charge < -0.3 is 14.8 Å². The number of benzene rings is 2. The molecule has 0 unspecified atom stereocenters.